The Balaban J connectivity index is 2.08. The molecule has 0 saturated heterocycles. The number of carbonyl (C=O) groups is 1. The lowest BCUT2D eigenvalue weighted by Gasteiger charge is -2.06. The van der Waals surface area contributed by atoms with Crippen LogP contribution in [0.2, 0.25) is 5.02 Å². The molecule has 0 atom stereocenters. The van der Waals surface area contributed by atoms with E-state index in [0.29, 0.717) is 16.7 Å². The van der Waals surface area contributed by atoms with Crippen molar-refractivity contribution in [3.05, 3.63) is 40.2 Å². The third kappa shape index (κ3) is 3.08. The zero-order valence-electron chi connectivity index (χ0n) is 11.5. The van der Waals surface area contributed by atoms with Crippen molar-refractivity contribution in [1.29, 1.82) is 0 Å². The predicted octanol–water partition coefficient (Wildman–Crippen LogP) is 2.31. The van der Waals surface area contributed by atoms with Crippen LogP contribution >= 0.6 is 11.6 Å². The Labute approximate surface area is 121 Å². The van der Waals surface area contributed by atoms with E-state index in [1.807, 2.05) is 13.8 Å². The summed E-state index contributed by atoms with van der Waals surface area (Å²) >= 11 is 5.97. The standard InChI is InChI=1S/C13H15ClN4O2/c1-7-8(2)20-11(17-7)6-16-13(19)12-9(14)4-5-10(15-3)18-12/h4-5H,6H2,1-3H3,(H,15,18)(H,16,19). The fourth-order valence-electron chi connectivity index (χ4n) is 1.60. The number of carbonyl (C=O) groups excluding carboxylic acids is 1. The largest absolute Gasteiger partial charge is 0.444 e. The molecule has 0 unspecified atom stereocenters. The van der Waals surface area contributed by atoms with E-state index in [2.05, 4.69) is 20.6 Å². The molecule has 0 radical (unpaired) electrons. The van der Waals surface area contributed by atoms with E-state index in [1.54, 1.807) is 19.2 Å². The van der Waals surface area contributed by atoms with Crippen LogP contribution in [0.4, 0.5) is 5.82 Å². The minimum Gasteiger partial charge on any atom is -0.444 e. The number of halogens is 1. The second-order valence-corrected chi connectivity index (χ2v) is 4.62. The summed E-state index contributed by atoms with van der Waals surface area (Å²) < 4.78 is 5.38. The summed E-state index contributed by atoms with van der Waals surface area (Å²) in [5, 5.41) is 5.82. The molecule has 0 spiro atoms. The van der Waals surface area contributed by atoms with Gasteiger partial charge < -0.3 is 15.1 Å². The van der Waals surface area contributed by atoms with Crippen LogP contribution in [0.15, 0.2) is 16.5 Å². The normalized spacial score (nSPS) is 10.4. The second-order valence-electron chi connectivity index (χ2n) is 4.21. The van der Waals surface area contributed by atoms with Crippen molar-refractivity contribution in [3.63, 3.8) is 0 Å². The first-order chi connectivity index (χ1) is 9.51. The monoisotopic (exact) mass is 294 g/mol. The second kappa shape index (κ2) is 5.92. The van der Waals surface area contributed by atoms with Gasteiger partial charge in [-0.2, -0.15) is 0 Å². The topological polar surface area (TPSA) is 80.0 Å². The van der Waals surface area contributed by atoms with Gasteiger partial charge in [-0.15, -0.1) is 0 Å². The molecule has 106 valence electrons. The molecule has 2 aromatic rings. The minimum atomic E-state index is -0.374. The summed E-state index contributed by atoms with van der Waals surface area (Å²) in [6.07, 6.45) is 0. The molecule has 20 heavy (non-hydrogen) atoms. The van der Waals surface area contributed by atoms with Gasteiger partial charge >= 0.3 is 0 Å². The van der Waals surface area contributed by atoms with E-state index in [0.717, 1.165) is 11.5 Å². The van der Waals surface area contributed by atoms with Gasteiger partial charge in [0.2, 0.25) is 5.89 Å². The van der Waals surface area contributed by atoms with Crippen molar-refractivity contribution in [3.8, 4) is 0 Å². The molecule has 1 amide bonds. The molecule has 0 saturated carbocycles. The van der Waals surface area contributed by atoms with Crippen LogP contribution in [-0.2, 0) is 6.54 Å². The number of nitrogens with zero attached hydrogens (tertiary/aromatic N) is 2. The number of aromatic nitrogens is 2. The van der Waals surface area contributed by atoms with Crippen LogP contribution in [0, 0.1) is 13.8 Å². The SMILES string of the molecule is CNc1ccc(Cl)c(C(=O)NCc2nc(C)c(C)o2)n1. The number of nitrogens with one attached hydrogen (secondary N) is 2. The van der Waals surface area contributed by atoms with E-state index in [1.165, 1.54) is 0 Å². The first-order valence-electron chi connectivity index (χ1n) is 6.06. The van der Waals surface area contributed by atoms with E-state index in [9.17, 15) is 4.79 Å². The maximum Gasteiger partial charge on any atom is 0.271 e. The van der Waals surface area contributed by atoms with Crippen LogP contribution in [0.1, 0.15) is 27.8 Å². The number of rotatable bonds is 4. The van der Waals surface area contributed by atoms with Crippen LogP contribution < -0.4 is 10.6 Å². The van der Waals surface area contributed by atoms with E-state index >= 15 is 0 Å². The Kier molecular flexibility index (Phi) is 4.24. The smallest absolute Gasteiger partial charge is 0.271 e. The van der Waals surface area contributed by atoms with Gasteiger partial charge in [0.25, 0.3) is 5.91 Å². The lowest BCUT2D eigenvalue weighted by atomic mass is 10.3. The van der Waals surface area contributed by atoms with Crippen LogP contribution in [0.25, 0.3) is 0 Å². The lowest BCUT2D eigenvalue weighted by Crippen LogP contribution is -2.24. The van der Waals surface area contributed by atoms with Gasteiger partial charge in [-0.3, -0.25) is 4.79 Å². The molecule has 6 nitrogen and oxygen atoms in total. The molecule has 0 aliphatic heterocycles. The third-order valence-electron chi connectivity index (χ3n) is 2.79. The molecule has 2 N–H and O–H groups in total. The fourth-order valence-corrected chi connectivity index (χ4v) is 1.79. The number of amides is 1. The quantitative estimate of drug-likeness (QED) is 0.904. The molecule has 0 aromatic carbocycles. The van der Waals surface area contributed by atoms with Crippen molar-refractivity contribution in [1.82, 2.24) is 15.3 Å². The molecule has 0 bridgehead atoms. The van der Waals surface area contributed by atoms with Crippen LogP contribution in [0.5, 0.6) is 0 Å². The lowest BCUT2D eigenvalue weighted by molar-refractivity contribution is 0.0942. The first kappa shape index (κ1) is 14.3. The highest BCUT2D eigenvalue weighted by Gasteiger charge is 2.14. The molecule has 2 rings (SSSR count). The summed E-state index contributed by atoms with van der Waals surface area (Å²) in [4.78, 5) is 20.3. The maximum atomic E-state index is 12.0. The average molecular weight is 295 g/mol. The van der Waals surface area contributed by atoms with Gasteiger partial charge in [0.15, 0.2) is 0 Å². The summed E-state index contributed by atoms with van der Waals surface area (Å²) in [7, 11) is 1.72. The van der Waals surface area contributed by atoms with Crippen molar-refractivity contribution in [2.75, 3.05) is 12.4 Å². The number of anilines is 1. The van der Waals surface area contributed by atoms with Gasteiger partial charge in [-0.1, -0.05) is 11.6 Å². The van der Waals surface area contributed by atoms with E-state index < -0.39 is 0 Å². The van der Waals surface area contributed by atoms with Gasteiger partial charge in [0, 0.05) is 7.05 Å². The number of oxazole rings is 1. The summed E-state index contributed by atoms with van der Waals surface area (Å²) in [6, 6.07) is 3.31. The molecule has 0 fully saturated rings. The van der Waals surface area contributed by atoms with Gasteiger partial charge in [0.1, 0.15) is 17.3 Å². The summed E-state index contributed by atoms with van der Waals surface area (Å²) in [5.74, 6) is 1.39. The number of hydrogen-bond donors (Lipinski definition) is 2. The Bertz CT molecular complexity index is 620. The highest BCUT2D eigenvalue weighted by molar-refractivity contribution is 6.33. The average Bonchev–Trinajstić information content (AvgIpc) is 2.76. The summed E-state index contributed by atoms with van der Waals surface area (Å²) in [5.41, 5.74) is 0.973. The van der Waals surface area contributed by atoms with Crippen molar-refractivity contribution in [2.45, 2.75) is 20.4 Å². The van der Waals surface area contributed by atoms with E-state index in [4.69, 9.17) is 16.0 Å². The number of hydrogen-bond acceptors (Lipinski definition) is 5. The molecule has 0 aliphatic rings. The van der Waals surface area contributed by atoms with Gasteiger partial charge in [0.05, 0.1) is 17.3 Å². The van der Waals surface area contributed by atoms with Crippen molar-refractivity contribution < 1.29 is 9.21 Å². The molecular weight excluding hydrogens is 280 g/mol. The Hall–Kier alpha value is -2.08. The van der Waals surface area contributed by atoms with Crippen molar-refractivity contribution in [2.24, 2.45) is 0 Å². The first-order valence-corrected chi connectivity index (χ1v) is 6.44. The van der Waals surface area contributed by atoms with E-state index in [-0.39, 0.29) is 18.1 Å². The minimum absolute atomic E-state index is 0.165. The van der Waals surface area contributed by atoms with Gasteiger partial charge in [-0.05, 0) is 26.0 Å². The zero-order chi connectivity index (χ0) is 14.7. The maximum absolute atomic E-state index is 12.0. The number of pyridine rings is 1. The molecule has 0 aliphatic carbocycles. The van der Waals surface area contributed by atoms with Crippen LogP contribution in [-0.4, -0.2) is 22.9 Å². The molecular formula is C13H15ClN4O2. The summed E-state index contributed by atoms with van der Waals surface area (Å²) in [6.45, 7) is 3.86. The number of aryl methyl sites for hydroxylation is 2. The third-order valence-corrected chi connectivity index (χ3v) is 3.10. The van der Waals surface area contributed by atoms with Gasteiger partial charge in [-0.25, -0.2) is 9.97 Å². The Morgan fingerprint density at radius 1 is 1.35 bits per heavy atom. The fraction of sp³-hybridized carbons (Fsp3) is 0.308. The molecule has 7 heteroatoms. The molecule has 2 heterocycles. The van der Waals surface area contributed by atoms with Crippen molar-refractivity contribution >= 4 is 23.3 Å². The predicted molar refractivity (Wildman–Crippen MR) is 75.9 cm³/mol. The highest BCUT2D eigenvalue weighted by atomic mass is 35.5. The zero-order valence-corrected chi connectivity index (χ0v) is 12.2. The molecule has 2 aromatic heterocycles. The Morgan fingerprint density at radius 3 is 2.70 bits per heavy atom. The highest BCUT2D eigenvalue weighted by Crippen LogP contribution is 2.16. The Morgan fingerprint density at radius 2 is 2.10 bits per heavy atom. The van der Waals surface area contributed by atoms with Crippen LogP contribution in [0.3, 0.4) is 0 Å².